The van der Waals surface area contributed by atoms with E-state index in [1.807, 2.05) is 37.3 Å². The smallest absolute Gasteiger partial charge is 0.320 e. The summed E-state index contributed by atoms with van der Waals surface area (Å²) in [6, 6.07) is 11.2. The molecule has 1 atom stereocenters. The third kappa shape index (κ3) is 3.72. The first-order chi connectivity index (χ1) is 13.0. The van der Waals surface area contributed by atoms with Crippen LogP contribution in [0.5, 0.6) is 0 Å². The van der Waals surface area contributed by atoms with Gasteiger partial charge in [0.25, 0.3) is 0 Å². The van der Waals surface area contributed by atoms with Gasteiger partial charge in [-0.1, -0.05) is 30.3 Å². The molecule has 1 aliphatic rings. The Morgan fingerprint density at radius 3 is 2.74 bits per heavy atom. The van der Waals surface area contributed by atoms with E-state index >= 15 is 0 Å². The first-order valence-corrected chi connectivity index (χ1v) is 9.27. The minimum absolute atomic E-state index is 0.0962. The zero-order valence-electron chi connectivity index (χ0n) is 15.5. The molecule has 0 aliphatic heterocycles. The number of urea groups is 1. The second kappa shape index (κ2) is 6.90. The van der Waals surface area contributed by atoms with Gasteiger partial charge in [-0.3, -0.25) is 10.4 Å². The van der Waals surface area contributed by atoms with Crippen molar-refractivity contribution in [2.75, 3.05) is 10.6 Å². The van der Waals surface area contributed by atoms with Gasteiger partial charge >= 0.3 is 6.03 Å². The minimum atomic E-state index is -0.293. The molecule has 1 aliphatic carbocycles. The number of pyridine rings is 1. The first-order valence-electron chi connectivity index (χ1n) is 9.27. The molecule has 0 saturated heterocycles. The number of anilines is 2. The third-order valence-corrected chi connectivity index (χ3v) is 5.21. The van der Waals surface area contributed by atoms with Gasteiger partial charge in [0.1, 0.15) is 5.82 Å². The van der Waals surface area contributed by atoms with Crippen LogP contribution in [-0.2, 0) is 0 Å². The molecule has 1 aromatic carbocycles. The Morgan fingerprint density at radius 2 is 2.04 bits per heavy atom. The number of hydrogen-bond acceptors (Lipinski definition) is 4. The van der Waals surface area contributed by atoms with E-state index in [1.165, 1.54) is 6.42 Å². The number of nitrogens with one attached hydrogen (secondary N) is 4. The van der Waals surface area contributed by atoms with Crippen molar-refractivity contribution in [1.82, 2.24) is 20.5 Å². The highest BCUT2D eigenvalue weighted by atomic mass is 16.2. The van der Waals surface area contributed by atoms with Crippen LogP contribution in [0.1, 0.15) is 44.7 Å². The fourth-order valence-electron chi connectivity index (χ4n) is 3.37. The lowest BCUT2D eigenvalue weighted by Gasteiger charge is -2.39. The summed E-state index contributed by atoms with van der Waals surface area (Å²) in [6.45, 7) is 4.15. The maximum Gasteiger partial charge on any atom is 0.320 e. The van der Waals surface area contributed by atoms with Crippen LogP contribution in [0.4, 0.5) is 16.4 Å². The summed E-state index contributed by atoms with van der Waals surface area (Å²) in [5.41, 5.74) is 2.00. The Kier molecular flexibility index (Phi) is 4.43. The molecule has 27 heavy (non-hydrogen) atoms. The minimum Gasteiger partial charge on any atom is -0.363 e. The predicted molar refractivity (Wildman–Crippen MR) is 107 cm³/mol. The summed E-state index contributed by atoms with van der Waals surface area (Å²) in [4.78, 5) is 16.6. The number of nitrogens with zero attached hydrogens (tertiary/aromatic N) is 2. The Balaban J connectivity index is 1.42. The number of carbonyl (C=O) groups is 1. The van der Waals surface area contributed by atoms with E-state index in [0.717, 1.165) is 35.1 Å². The molecule has 0 radical (unpaired) electrons. The van der Waals surface area contributed by atoms with Crippen molar-refractivity contribution in [2.45, 2.75) is 44.7 Å². The zero-order chi connectivity index (χ0) is 18.9. The van der Waals surface area contributed by atoms with Crippen molar-refractivity contribution < 1.29 is 4.79 Å². The first kappa shape index (κ1) is 17.3. The summed E-state index contributed by atoms with van der Waals surface area (Å²) in [5.74, 6) is 1.29. The van der Waals surface area contributed by atoms with Gasteiger partial charge in [0.15, 0.2) is 5.82 Å². The van der Waals surface area contributed by atoms with Crippen LogP contribution in [0.2, 0.25) is 0 Å². The fraction of sp³-hybridized carbons (Fsp3) is 0.350. The number of amides is 2. The van der Waals surface area contributed by atoms with Gasteiger partial charge in [0.2, 0.25) is 0 Å². The summed E-state index contributed by atoms with van der Waals surface area (Å²) in [5, 5.41) is 17.5. The van der Waals surface area contributed by atoms with E-state index in [1.54, 1.807) is 12.3 Å². The summed E-state index contributed by atoms with van der Waals surface area (Å²) < 4.78 is 0. The van der Waals surface area contributed by atoms with E-state index in [0.29, 0.717) is 5.82 Å². The van der Waals surface area contributed by atoms with Gasteiger partial charge in [-0.2, -0.15) is 5.10 Å². The molecule has 1 unspecified atom stereocenters. The molecule has 2 aromatic heterocycles. The van der Waals surface area contributed by atoms with Crippen LogP contribution >= 0.6 is 0 Å². The summed E-state index contributed by atoms with van der Waals surface area (Å²) in [6.07, 6.45) is 5.27. The molecule has 0 spiro atoms. The molecular weight excluding hydrogens is 340 g/mol. The molecule has 7 heteroatoms. The van der Waals surface area contributed by atoms with Crippen LogP contribution in [-0.4, -0.2) is 26.8 Å². The highest BCUT2D eigenvalue weighted by Crippen LogP contribution is 2.35. The average Bonchev–Trinajstić information content (AvgIpc) is 3.03. The fourth-order valence-corrected chi connectivity index (χ4v) is 3.37. The predicted octanol–water partition coefficient (Wildman–Crippen LogP) is 4.20. The van der Waals surface area contributed by atoms with Gasteiger partial charge in [-0.25, -0.2) is 9.78 Å². The molecular formula is C20H24N6O. The van der Waals surface area contributed by atoms with Crippen molar-refractivity contribution in [3.05, 3.63) is 48.2 Å². The third-order valence-electron chi connectivity index (χ3n) is 5.21. The van der Waals surface area contributed by atoms with E-state index in [9.17, 15) is 4.79 Å². The van der Waals surface area contributed by atoms with Gasteiger partial charge in [-0.05, 0) is 38.7 Å². The van der Waals surface area contributed by atoms with E-state index in [4.69, 9.17) is 0 Å². The van der Waals surface area contributed by atoms with Gasteiger partial charge in [0, 0.05) is 17.8 Å². The molecule has 2 heterocycles. The second-order valence-electron chi connectivity index (χ2n) is 7.46. The second-order valence-corrected chi connectivity index (χ2v) is 7.46. The van der Waals surface area contributed by atoms with Crippen LogP contribution in [0, 0.1) is 0 Å². The average molecular weight is 364 g/mol. The number of rotatable bonds is 5. The molecule has 0 bridgehead atoms. The lowest BCUT2D eigenvalue weighted by atomic mass is 9.78. The molecule has 3 aromatic rings. The summed E-state index contributed by atoms with van der Waals surface area (Å²) in [7, 11) is 0. The lowest BCUT2D eigenvalue weighted by molar-refractivity contribution is 0.249. The van der Waals surface area contributed by atoms with Crippen molar-refractivity contribution in [2.24, 2.45) is 0 Å². The van der Waals surface area contributed by atoms with Crippen LogP contribution in [0.15, 0.2) is 42.6 Å². The molecule has 1 fully saturated rings. The topological polar surface area (TPSA) is 94.7 Å². The highest BCUT2D eigenvalue weighted by Gasteiger charge is 2.32. The van der Waals surface area contributed by atoms with Crippen molar-refractivity contribution in [1.29, 1.82) is 0 Å². The Morgan fingerprint density at radius 1 is 1.26 bits per heavy atom. The van der Waals surface area contributed by atoms with Crippen LogP contribution in [0.25, 0.3) is 10.9 Å². The standard InChI is InChI=1S/C20H24N6O/c1-13(14-7-4-3-5-8-14)22-19(27)23-17-11-16-15(12-21-17)18(26-25-16)24-20(2)9-6-10-20/h3-5,7-8,11-13H,6,9-10H2,1-2H3,(H2,24,25,26)(H2,21,22,23,27). The van der Waals surface area contributed by atoms with E-state index < -0.39 is 0 Å². The summed E-state index contributed by atoms with van der Waals surface area (Å²) >= 11 is 0. The van der Waals surface area contributed by atoms with Crippen LogP contribution in [0.3, 0.4) is 0 Å². The SMILES string of the molecule is CC(NC(=O)Nc1cc2[nH]nc(NC3(C)CCC3)c2cn1)c1ccccc1. The Hall–Kier alpha value is -3.09. The van der Waals surface area contributed by atoms with Gasteiger partial charge in [0.05, 0.1) is 16.9 Å². The van der Waals surface area contributed by atoms with Crippen LogP contribution < -0.4 is 16.0 Å². The number of H-pyrrole nitrogens is 1. The monoisotopic (exact) mass is 364 g/mol. The molecule has 4 rings (SSSR count). The highest BCUT2D eigenvalue weighted by molar-refractivity contribution is 5.94. The molecule has 1 saturated carbocycles. The maximum absolute atomic E-state index is 12.3. The number of aromatic nitrogens is 3. The normalized spacial score (nSPS) is 16.4. The molecule has 2 amide bonds. The Bertz CT molecular complexity index is 948. The number of hydrogen-bond donors (Lipinski definition) is 4. The van der Waals surface area contributed by atoms with Crippen molar-refractivity contribution >= 4 is 28.6 Å². The zero-order valence-corrected chi connectivity index (χ0v) is 15.5. The molecule has 7 nitrogen and oxygen atoms in total. The van der Waals surface area contributed by atoms with Gasteiger partial charge < -0.3 is 10.6 Å². The lowest BCUT2D eigenvalue weighted by Crippen LogP contribution is -2.41. The maximum atomic E-state index is 12.3. The van der Waals surface area contributed by atoms with Gasteiger partial charge in [-0.15, -0.1) is 0 Å². The number of aromatic amines is 1. The van der Waals surface area contributed by atoms with Crippen molar-refractivity contribution in [3.8, 4) is 0 Å². The number of fused-ring (bicyclic) bond motifs is 1. The number of carbonyl (C=O) groups excluding carboxylic acids is 1. The van der Waals surface area contributed by atoms with Crippen molar-refractivity contribution in [3.63, 3.8) is 0 Å². The number of benzene rings is 1. The molecule has 140 valence electrons. The molecule has 4 N–H and O–H groups in total. The van der Waals surface area contributed by atoms with E-state index in [-0.39, 0.29) is 17.6 Å². The quantitative estimate of drug-likeness (QED) is 0.546. The Labute approximate surface area is 158 Å². The largest absolute Gasteiger partial charge is 0.363 e. The van der Waals surface area contributed by atoms with E-state index in [2.05, 4.69) is 38.1 Å².